The van der Waals surface area contributed by atoms with Crippen molar-refractivity contribution in [1.82, 2.24) is 15.0 Å². The number of hydrogen-bond acceptors (Lipinski definition) is 5. The van der Waals surface area contributed by atoms with Crippen LogP contribution in [0.5, 0.6) is 0 Å². The van der Waals surface area contributed by atoms with Crippen LogP contribution in [0.1, 0.15) is 48.8 Å². The lowest BCUT2D eigenvalue weighted by Gasteiger charge is -2.16. The van der Waals surface area contributed by atoms with Gasteiger partial charge < -0.3 is 15.3 Å². The summed E-state index contributed by atoms with van der Waals surface area (Å²) in [6, 6.07) is 0. The summed E-state index contributed by atoms with van der Waals surface area (Å²) in [4.78, 5) is 11.1. The molecule has 3 N–H and O–H groups in total. The summed E-state index contributed by atoms with van der Waals surface area (Å²) < 4.78 is 1.38. The maximum absolute atomic E-state index is 11.1. The lowest BCUT2D eigenvalue weighted by Crippen LogP contribution is -2.23. The van der Waals surface area contributed by atoms with Crippen LogP contribution in [0.25, 0.3) is 0 Å². The Morgan fingerprint density at radius 3 is 2.44 bits per heavy atom. The Balaban J connectivity index is 3.14. The average molecular weight is 257 g/mol. The number of aliphatic hydroxyl groups is 2. The molecule has 0 aliphatic carbocycles. The minimum absolute atomic E-state index is 0.0250. The molecule has 1 unspecified atom stereocenters. The Hall–Kier alpha value is -1.47. The molecule has 1 atom stereocenters. The van der Waals surface area contributed by atoms with Gasteiger partial charge in [-0.15, -0.1) is 5.10 Å². The lowest BCUT2D eigenvalue weighted by molar-refractivity contribution is 0.0686. The normalized spacial score (nSPS) is 12.9. The minimum Gasteiger partial charge on any atom is -0.476 e. The monoisotopic (exact) mass is 257 g/mol. The molecular formula is C11H19N3O4. The molecule has 0 saturated carbocycles. The Labute approximate surface area is 105 Å². The van der Waals surface area contributed by atoms with Crippen LogP contribution in [0.4, 0.5) is 0 Å². The second-order valence-corrected chi connectivity index (χ2v) is 4.16. The summed E-state index contributed by atoms with van der Waals surface area (Å²) in [5.41, 5.74) is 0.439. The summed E-state index contributed by atoms with van der Waals surface area (Å²) in [7, 11) is 0. The third-order valence-electron chi connectivity index (χ3n) is 2.94. The van der Waals surface area contributed by atoms with E-state index in [1.807, 2.05) is 13.8 Å². The number of aromatic carboxylic acids is 1. The molecule has 1 heterocycles. The number of nitrogens with zero attached hydrogens (tertiary/aromatic N) is 3. The van der Waals surface area contributed by atoms with Gasteiger partial charge >= 0.3 is 5.97 Å². The van der Waals surface area contributed by atoms with E-state index in [0.29, 0.717) is 5.69 Å². The predicted molar refractivity (Wildman–Crippen MR) is 63.4 cm³/mol. The van der Waals surface area contributed by atoms with Gasteiger partial charge in [0.2, 0.25) is 0 Å². The van der Waals surface area contributed by atoms with Crippen LogP contribution in [0.3, 0.4) is 0 Å². The molecule has 0 aliphatic heterocycles. The third kappa shape index (κ3) is 3.05. The van der Waals surface area contributed by atoms with E-state index in [4.69, 9.17) is 10.2 Å². The molecule has 1 aromatic heterocycles. The third-order valence-corrected chi connectivity index (χ3v) is 2.94. The van der Waals surface area contributed by atoms with E-state index in [1.54, 1.807) is 0 Å². The number of aliphatic hydroxyl groups excluding tert-OH is 2. The van der Waals surface area contributed by atoms with Gasteiger partial charge in [0.15, 0.2) is 5.69 Å². The lowest BCUT2D eigenvalue weighted by atomic mass is 9.97. The number of aromatic nitrogens is 3. The standard InChI is InChI=1S/C11H19N3O4/c1-3-7(4-2)10-9(11(17)18)12-13-14(10)5-8(16)6-15/h7-8,15-16H,3-6H2,1-2H3,(H,17,18). The maximum Gasteiger partial charge on any atom is 0.358 e. The molecular weight excluding hydrogens is 238 g/mol. The maximum atomic E-state index is 11.1. The molecule has 0 aromatic carbocycles. The van der Waals surface area contributed by atoms with Crippen molar-refractivity contribution in [3.05, 3.63) is 11.4 Å². The first kappa shape index (κ1) is 14.6. The van der Waals surface area contributed by atoms with E-state index in [2.05, 4.69) is 10.3 Å². The minimum atomic E-state index is -1.12. The largest absolute Gasteiger partial charge is 0.476 e. The Bertz CT molecular complexity index is 401. The molecule has 0 radical (unpaired) electrons. The van der Waals surface area contributed by atoms with E-state index < -0.39 is 18.7 Å². The highest BCUT2D eigenvalue weighted by Crippen LogP contribution is 2.25. The van der Waals surface area contributed by atoms with Gasteiger partial charge in [0.1, 0.15) is 0 Å². The summed E-state index contributed by atoms with van der Waals surface area (Å²) in [6.45, 7) is 3.56. The molecule has 7 heteroatoms. The number of carboxylic acid groups (broad SMARTS) is 1. The predicted octanol–water partition coefficient (Wildman–Crippen LogP) is 0.233. The first-order chi connectivity index (χ1) is 8.54. The van der Waals surface area contributed by atoms with Crippen LogP contribution < -0.4 is 0 Å². The second-order valence-electron chi connectivity index (χ2n) is 4.16. The Morgan fingerprint density at radius 2 is 2.00 bits per heavy atom. The number of carboxylic acids is 1. The summed E-state index contributed by atoms with van der Waals surface area (Å²) >= 11 is 0. The van der Waals surface area contributed by atoms with E-state index in [9.17, 15) is 9.90 Å². The van der Waals surface area contributed by atoms with Crippen LogP contribution in [-0.4, -0.2) is 49.0 Å². The van der Waals surface area contributed by atoms with E-state index in [1.165, 1.54) is 4.68 Å². The number of hydrogen-bond donors (Lipinski definition) is 3. The topological polar surface area (TPSA) is 108 Å². The van der Waals surface area contributed by atoms with Gasteiger partial charge in [0, 0.05) is 5.92 Å². The van der Waals surface area contributed by atoms with Crippen LogP contribution in [0, 0.1) is 0 Å². The zero-order chi connectivity index (χ0) is 13.7. The molecule has 18 heavy (non-hydrogen) atoms. The summed E-state index contributed by atoms with van der Waals surface area (Å²) in [6.07, 6.45) is 0.556. The fourth-order valence-corrected chi connectivity index (χ4v) is 1.94. The summed E-state index contributed by atoms with van der Waals surface area (Å²) in [5.74, 6) is -1.10. The summed E-state index contributed by atoms with van der Waals surface area (Å²) in [5, 5.41) is 34.7. The highest BCUT2D eigenvalue weighted by Gasteiger charge is 2.25. The van der Waals surface area contributed by atoms with Gasteiger partial charge in [-0.25, -0.2) is 9.48 Å². The van der Waals surface area contributed by atoms with Crippen molar-refractivity contribution >= 4 is 5.97 Å². The molecule has 0 saturated heterocycles. The molecule has 0 spiro atoms. The van der Waals surface area contributed by atoms with E-state index >= 15 is 0 Å². The fraction of sp³-hybridized carbons (Fsp3) is 0.727. The van der Waals surface area contributed by atoms with Crippen molar-refractivity contribution < 1.29 is 20.1 Å². The second kappa shape index (κ2) is 6.46. The Kier molecular flexibility index (Phi) is 5.24. The van der Waals surface area contributed by atoms with Crippen molar-refractivity contribution in [2.45, 2.75) is 45.3 Å². The molecule has 1 rings (SSSR count). The first-order valence-corrected chi connectivity index (χ1v) is 6.00. The van der Waals surface area contributed by atoms with Crippen molar-refractivity contribution in [2.24, 2.45) is 0 Å². The van der Waals surface area contributed by atoms with Crippen molar-refractivity contribution in [3.63, 3.8) is 0 Å². The average Bonchev–Trinajstić information content (AvgIpc) is 2.75. The molecule has 0 amide bonds. The van der Waals surface area contributed by atoms with E-state index in [-0.39, 0.29) is 18.2 Å². The van der Waals surface area contributed by atoms with Crippen LogP contribution in [-0.2, 0) is 6.54 Å². The Morgan fingerprint density at radius 1 is 1.39 bits per heavy atom. The SMILES string of the molecule is CCC(CC)c1c(C(=O)O)nnn1CC(O)CO. The zero-order valence-corrected chi connectivity index (χ0v) is 10.6. The van der Waals surface area contributed by atoms with Gasteiger partial charge in [-0.1, -0.05) is 19.1 Å². The number of rotatable bonds is 7. The van der Waals surface area contributed by atoms with Crippen LogP contribution in [0.15, 0.2) is 0 Å². The van der Waals surface area contributed by atoms with Crippen molar-refractivity contribution in [2.75, 3.05) is 6.61 Å². The first-order valence-electron chi connectivity index (χ1n) is 6.00. The molecule has 0 aliphatic rings. The van der Waals surface area contributed by atoms with Gasteiger partial charge in [0.25, 0.3) is 0 Å². The quantitative estimate of drug-likeness (QED) is 0.645. The van der Waals surface area contributed by atoms with Gasteiger partial charge in [-0.3, -0.25) is 0 Å². The molecule has 0 fully saturated rings. The smallest absolute Gasteiger partial charge is 0.358 e. The number of carbonyl (C=O) groups is 1. The molecule has 1 aromatic rings. The zero-order valence-electron chi connectivity index (χ0n) is 10.6. The molecule has 102 valence electrons. The van der Waals surface area contributed by atoms with Gasteiger partial charge in [-0.2, -0.15) is 0 Å². The van der Waals surface area contributed by atoms with Gasteiger partial charge in [0.05, 0.1) is 24.9 Å². The van der Waals surface area contributed by atoms with E-state index in [0.717, 1.165) is 12.8 Å². The van der Waals surface area contributed by atoms with Crippen LogP contribution in [0.2, 0.25) is 0 Å². The highest BCUT2D eigenvalue weighted by molar-refractivity contribution is 5.86. The fourth-order valence-electron chi connectivity index (χ4n) is 1.94. The van der Waals surface area contributed by atoms with Gasteiger partial charge in [-0.05, 0) is 12.8 Å². The van der Waals surface area contributed by atoms with Crippen LogP contribution >= 0.6 is 0 Å². The molecule has 7 nitrogen and oxygen atoms in total. The van der Waals surface area contributed by atoms with Crippen molar-refractivity contribution in [3.8, 4) is 0 Å². The highest BCUT2D eigenvalue weighted by atomic mass is 16.4. The van der Waals surface area contributed by atoms with Crippen molar-refractivity contribution in [1.29, 1.82) is 0 Å². The molecule has 0 bridgehead atoms.